The summed E-state index contributed by atoms with van der Waals surface area (Å²) in [5.41, 5.74) is 4.05. The number of anilines is 3. The maximum absolute atomic E-state index is 12.2. The number of nitrogens with zero attached hydrogens (tertiary/aromatic N) is 2. The van der Waals surface area contributed by atoms with Crippen molar-refractivity contribution in [1.82, 2.24) is 9.97 Å². The molecule has 126 valence electrons. The van der Waals surface area contributed by atoms with E-state index in [2.05, 4.69) is 44.5 Å². The first-order chi connectivity index (χ1) is 11.8. The standard InChI is InChI=1S/C19H24N4O/c24-18-16-6-2-3-7-17(16)21-19(22-18)20-14-8-10-15(11-9-14)23-12-4-1-5-13-23/h8-11H,1-7,12-13H2,(H2,20,21,22,24). The molecule has 1 aliphatic heterocycles. The number of rotatable bonds is 3. The lowest BCUT2D eigenvalue weighted by atomic mass is 9.97. The van der Waals surface area contributed by atoms with Crippen molar-refractivity contribution in [1.29, 1.82) is 0 Å². The molecule has 5 nitrogen and oxygen atoms in total. The summed E-state index contributed by atoms with van der Waals surface area (Å²) < 4.78 is 0. The molecule has 2 aromatic rings. The van der Waals surface area contributed by atoms with Gasteiger partial charge in [-0.25, -0.2) is 4.98 Å². The van der Waals surface area contributed by atoms with Gasteiger partial charge in [-0.15, -0.1) is 0 Å². The van der Waals surface area contributed by atoms with E-state index in [0.29, 0.717) is 5.95 Å². The van der Waals surface area contributed by atoms with Crippen LogP contribution >= 0.6 is 0 Å². The van der Waals surface area contributed by atoms with Gasteiger partial charge in [-0.2, -0.15) is 0 Å². The molecule has 0 bridgehead atoms. The molecule has 0 radical (unpaired) electrons. The third-order valence-electron chi connectivity index (χ3n) is 5.04. The fourth-order valence-corrected chi connectivity index (χ4v) is 3.71. The molecule has 1 aliphatic carbocycles. The van der Waals surface area contributed by atoms with Crippen molar-refractivity contribution in [3.8, 4) is 0 Å². The number of aromatic amines is 1. The van der Waals surface area contributed by atoms with Gasteiger partial charge in [-0.1, -0.05) is 0 Å². The second-order valence-electron chi connectivity index (χ2n) is 6.77. The Kier molecular flexibility index (Phi) is 4.24. The highest BCUT2D eigenvalue weighted by Gasteiger charge is 2.15. The molecule has 5 heteroatoms. The summed E-state index contributed by atoms with van der Waals surface area (Å²) >= 11 is 0. The minimum atomic E-state index is 0.00661. The maximum atomic E-state index is 12.2. The molecule has 0 spiro atoms. The van der Waals surface area contributed by atoms with Crippen LogP contribution in [0, 0.1) is 0 Å². The summed E-state index contributed by atoms with van der Waals surface area (Å²) in [7, 11) is 0. The molecule has 1 aromatic carbocycles. The van der Waals surface area contributed by atoms with Gasteiger partial charge in [0.25, 0.3) is 5.56 Å². The number of benzene rings is 1. The van der Waals surface area contributed by atoms with Crippen LogP contribution < -0.4 is 15.8 Å². The molecule has 0 saturated carbocycles. The largest absolute Gasteiger partial charge is 0.372 e. The molecular formula is C19H24N4O. The highest BCUT2D eigenvalue weighted by Crippen LogP contribution is 2.23. The van der Waals surface area contributed by atoms with Crippen molar-refractivity contribution >= 4 is 17.3 Å². The Labute approximate surface area is 142 Å². The van der Waals surface area contributed by atoms with Gasteiger partial charge in [-0.05, 0) is 69.2 Å². The molecule has 0 unspecified atom stereocenters. The number of H-pyrrole nitrogens is 1. The number of hydrogen-bond acceptors (Lipinski definition) is 4. The van der Waals surface area contributed by atoms with E-state index >= 15 is 0 Å². The summed E-state index contributed by atoms with van der Waals surface area (Å²) in [4.78, 5) is 22.1. The smallest absolute Gasteiger partial charge is 0.255 e. The minimum Gasteiger partial charge on any atom is -0.372 e. The Hall–Kier alpha value is -2.30. The van der Waals surface area contributed by atoms with Crippen LogP contribution in [0.2, 0.25) is 0 Å². The highest BCUT2D eigenvalue weighted by molar-refractivity contribution is 5.59. The molecule has 0 amide bonds. The van der Waals surface area contributed by atoms with E-state index in [9.17, 15) is 4.79 Å². The topological polar surface area (TPSA) is 61.0 Å². The molecule has 24 heavy (non-hydrogen) atoms. The molecule has 2 N–H and O–H groups in total. The molecular weight excluding hydrogens is 300 g/mol. The lowest BCUT2D eigenvalue weighted by Gasteiger charge is -2.28. The van der Waals surface area contributed by atoms with Crippen molar-refractivity contribution in [3.05, 3.63) is 45.9 Å². The van der Waals surface area contributed by atoms with Gasteiger partial charge in [0.05, 0.1) is 5.69 Å². The van der Waals surface area contributed by atoms with Gasteiger partial charge in [0.2, 0.25) is 5.95 Å². The van der Waals surface area contributed by atoms with Crippen molar-refractivity contribution in [2.24, 2.45) is 0 Å². The number of hydrogen-bond donors (Lipinski definition) is 2. The van der Waals surface area contributed by atoms with E-state index in [4.69, 9.17) is 0 Å². The Morgan fingerprint density at radius 1 is 0.958 bits per heavy atom. The summed E-state index contributed by atoms with van der Waals surface area (Å²) in [5, 5.41) is 3.24. The van der Waals surface area contributed by atoms with Gasteiger partial charge in [-0.3, -0.25) is 9.78 Å². The summed E-state index contributed by atoms with van der Waals surface area (Å²) in [5.74, 6) is 0.548. The molecule has 2 aliphatic rings. The fourth-order valence-electron chi connectivity index (χ4n) is 3.71. The number of nitrogens with one attached hydrogen (secondary N) is 2. The average Bonchev–Trinajstić information content (AvgIpc) is 2.63. The molecule has 2 heterocycles. The van der Waals surface area contributed by atoms with Crippen molar-refractivity contribution < 1.29 is 0 Å². The van der Waals surface area contributed by atoms with Crippen LogP contribution in [0.5, 0.6) is 0 Å². The quantitative estimate of drug-likeness (QED) is 0.908. The highest BCUT2D eigenvalue weighted by atomic mass is 16.1. The predicted molar refractivity (Wildman–Crippen MR) is 97.3 cm³/mol. The minimum absolute atomic E-state index is 0.00661. The van der Waals surface area contributed by atoms with E-state index in [1.807, 2.05) is 0 Å². The van der Waals surface area contributed by atoms with Gasteiger partial charge >= 0.3 is 0 Å². The van der Waals surface area contributed by atoms with Crippen LogP contribution in [-0.4, -0.2) is 23.1 Å². The van der Waals surface area contributed by atoms with E-state index in [1.165, 1.54) is 24.9 Å². The van der Waals surface area contributed by atoms with Crippen LogP contribution in [-0.2, 0) is 12.8 Å². The molecule has 1 fully saturated rings. The third-order valence-corrected chi connectivity index (χ3v) is 5.04. The lowest BCUT2D eigenvalue weighted by Crippen LogP contribution is -2.29. The first-order valence-corrected chi connectivity index (χ1v) is 9.04. The lowest BCUT2D eigenvalue weighted by molar-refractivity contribution is 0.578. The van der Waals surface area contributed by atoms with Gasteiger partial charge < -0.3 is 10.2 Å². The molecule has 0 atom stereocenters. The van der Waals surface area contributed by atoms with Crippen LogP contribution in [0.4, 0.5) is 17.3 Å². The number of piperidine rings is 1. The fraction of sp³-hybridized carbons (Fsp3) is 0.474. The second kappa shape index (κ2) is 6.67. The third kappa shape index (κ3) is 3.16. The van der Waals surface area contributed by atoms with E-state index in [1.54, 1.807) is 0 Å². The summed E-state index contributed by atoms with van der Waals surface area (Å²) in [6.45, 7) is 2.29. The Balaban J connectivity index is 1.51. The van der Waals surface area contributed by atoms with Crippen LogP contribution in [0.25, 0.3) is 0 Å². The average molecular weight is 324 g/mol. The normalized spacial score (nSPS) is 17.4. The zero-order valence-electron chi connectivity index (χ0n) is 14.0. The maximum Gasteiger partial charge on any atom is 0.255 e. The second-order valence-corrected chi connectivity index (χ2v) is 6.77. The van der Waals surface area contributed by atoms with Gasteiger partial charge in [0.15, 0.2) is 0 Å². The number of aryl methyl sites for hydroxylation is 1. The molecule has 1 aromatic heterocycles. The van der Waals surface area contributed by atoms with E-state index in [0.717, 1.165) is 55.7 Å². The summed E-state index contributed by atoms with van der Waals surface area (Å²) in [6, 6.07) is 8.40. The van der Waals surface area contributed by atoms with Crippen LogP contribution in [0.15, 0.2) is 29.1 Å². The van der Waals surface area contributed by atoms with E-state index < -0.39 is 0 Å². The summed E-state index contributed by atoms with van der Waals surface area (Å²) in [6.07, 6.45) is 7.86. The zero-order valence-corrected chi connectivity index (χ0v) is 14.0. The van der Waals surface area contributed by atoms with Gasteiger partial charge in [0.1, 0.15) is 0 Å². The van der Waals surface area contributed by atoms with Crippen molar-refractivity contribution in [2.75, 3.05) is 23.3 Å². The zero-order chi connectivity index (χ0) is 16.4. The van der Waals surface area contributed by atoms with Crippen LogP contribution in [0.1, 0.15) is 43.4 Å². The van der Waals surface area contributed by atoms with E-state index in [-0.39, 0.29) is 5.56 Å². The Bertz CT molecular complexity index is 760. The SMILES string of the molecule is O=c1[nH]c(Nc2ccc(N3CCCCC3)cc2)nc2c1CCCC2. The predicted octanol–water partition coefficient (Wildman–Crippen LogP) is 3.38. The first-order valence-electron chi connectivity index (χ1n) is 9.04. The monoisotopic (exact) mass is 324 g/mol. The first kappa shape index (κ1) is 15.2. The van der Waals surface area contributed by atoms with Crippen LogP contribution in [0.3, 0.4) is 0 Å². The van der Waals surface area contributed by atoms with Gasteiger partial charge in [0, 0.05) is 30.0 Å². The number of fused-ring (bicyclic) bond motifs is 1. The van der Waals surface area contributed by atoms with Crippen molar-refractivity contribution in [2.45, 2.75) is 44.9 Å². The van der Waals surface area contributed by atoms with Crippen molar-refractivity contribution in [3.63, 3.8) is 0 Å². The Morgan fingerprint density at radius 3 is 2.50 bits per heavy atom. The molecule has 4 rings (SSSR count). The molecule has 1 saturated heterocycles. The Morgan fingerprint density at radius 2 is 1.71 bits per heavy atom. The number of aromatic nitrogens is 2.